The van der Waals surface area contributed by atoms with E-state index < -0.39 is 0 Å². The quantitative estimate of drug-likeness (QED) is 0.513. The summed E-state index contributed by atoms with van der Waals surface area (Å²) in [6.07, 6.45) is 13.9. The zero-order chi connectivity index (χ0) is 20.1. The molecule has 0 radical (unpaired) electrons. The molecule has 8 nitrogen and oxygen atoms in total. The Labute approximate surface area is 163 Å². The Morgan fingerprint density at radius 2 is 2.04 bits per heavy atom. The van der Waals surface area contributed by atoms with E-state index in [1.165, 1.54) is 18.9 Å². The lowest BCUT2D eigenvalue weighted by molar-refractivity contribution is -0.126. The summed E-state index contributed by atoms with van der Waals surface area (Å²) in [6.45, 7) is 3.46. The number of carbonyl (C=O) groups excluding carboxylic acids is 2. The SMILES string of the molecule is C=CC(=O)N(C)C1CCCC1.Cn1cc(-c2cn3nccc3c(C=O)n2)cn1. The van der Waals surface area contributed by atoms with Crippen molar-refractivity contribution in [3.8, 4) is 11.3 Å². The molecule has 0 N–H and O–H groups in total. The molecule has 3 heterocycles. The molecular formula is C20H24N6O2. The standard InChI is InChI=1S/C11H9N5O.C9H15NO/c1-15-5-8(4-13-15)9-6-16-11(2-3-12-16)10(7-17)14-9;1-3-9(11)10(2)8-6-4-5-7-8/h2-7H,1H3;3,8H,1,4-7H2,2H3. The first-order valence-corrected chi connectivity index (χ1v) is 9.21. The summed E-state index contributed by atoms with van der Waals surface area (Å²) in [5, 5.41) is 8.19. The van der Waals surface area contributed by atoms with E-state index in [0.29, 0.717) is 22.9 Å². The molecule has 3 aromatic rings. The van der Waals surface area contributed by atoms with E-state index in [0.717, 1.165) is 24.7 Å². The lowest BCUT2D eigenvalue weighted by atomic mass is 10.2. The number of fused-ring (bicyclic) bond motifs is 1. The fraction of sp³-hybridized carbons (Fsp3) is 0.350. The first-order valence-electron chi connectivity index (χ1n) is 9.21. The van der Waals surface area contributed by atoms with Gasteiger partial charge in [-0.15, -0.1) is 0 Å². The van der Waals surface area contributed by atoms with Gasteiger partial charge in [0, 0.05) is 31.9 Å². The van der Waals surface area contributed by atoms with Crippen LogP contribution in [0.4, 0.5) is 0 Å². The molecule has 1 aliphatic carbocycles. The van der Waals surface area contributed by atoms with Crippen LogP contribution in [0.5, 0.6) is 0 Å². The first kappa shape index (κ1) is 19.5. The van der Waals surface area contributed by atoms with E-state index in [1.807, 2.05) is 20.3 Å². The molecule has 0 unspecified atom stereocenters. The first-order chi connectivity index (χ1) is 13.5. The molecule has 146 valence electrons. The van der Waals surface area contributed by atoms with Crippen LogP contribution in [0.2, 0.25) is 0 Å². The molecule has 0 saturated heterocycles. The summed E-state index contributed by atoms with van der Waals surface area (Å²) in [6, 6.07) is 2.23. The number of likely N-dealkylation sites (N-methyl/N-ethyl adjacent to an activating group) is 1. The topological polar surface area (TPSA) is 85.4 Å². The van der Waals surface area contributed by atoms with Gasteiger partial charge in [-0.25, -0.2) is 9.50 Å². The molecule has 0 aliphatic heterocycles. The molecule has 0 atom stereocenters. The van der Waals surface area contributed by atoms with Gasteiger partial charge in [0.15, 0.2) is 6.29 Å². The van der Waals surface area contributed by atoms with Gasteiger partial charge in [0.2, 0.25) is 5.91 Å². The normalized spacial score (nSPS) is 13.8. The number of hydrogen-bond donors (Lipinski definition) is 0. The molecule has 0 spiro atoms. The lowest BCUT2D eigenvalue weighted by Gasteiger charge is -2.22. The van der Waals surface area contributed by atoms with Crippen molar-refractivity contribution in [3.05, 3.63) is 49.2 Å². The van der Waals surface area contributed by atoms with Crippen LogP contribution in [-0.2, 0) is 11.8 Å². The number of rotatable bonds is 4. The van der Waals surface area contributed by atoms with E-state index in [2.05, 4.69) is 21.8 Å². The van der Waals surface area contributed by atoms with Crippen LogP contribution in [0.3, 0.4) is 0 Å². The number of nitrogens with zero attached hydrogens (tertiary/aromatic N) is 6. The van der Waals surface area contributed by atoms with Crippen LogP contribution in [0.15, 0.2) is 43.5 Å². The van der Waals surface area contributed by atoms with E-state index in [4.69, 9.17) is 0 Å². The molecule has 0 aromatic carbocycles. The van der Waals surface area contributed by atoms with E-state index in [9.17, 15) is 9.59 Å². The van der Waals surface area contributed by atoms with Crippen molar-refractivity contribution in [2.45, 2.75) is 31.7 Å². The zero-order valence-corrected chi connectivity index (χ0v) is 16.2. The van der Waals surface area contributed by atoms with E-state index in [1.54, 1.807) is 38.8 Å². The number of aryl methyl sites for hydroxylation is 1. The highest BCUT2D eigenvalue weighted by atomic mass is 16.2. The number of hydrogen-bond acceptors (Lipinski definition) is 5. The average molecular weight is 380 g/mol. The lowest BCUT2D eigenvalue weighted by Crippen LogP contribution is -2.33. The van der Waals surface area contributed by atoms with Crippen molar-refractivity contribution in [1.82, 2.24) is 29.3 Å². The van der Waals surface area contributed by atoms with E-state index in [-0.39, 0.29) is 5.91 Å². The summed E-state index contributed by atoms with van der Waals surface area (Å²) < 4.78 is 3.32. The second-order valence-electron chi connectivity index (χ2n) is 6.78. The van der Waals surface area contributed by atoms with Gasteiger partial charge in [-0.05, 0) is 25.0 Å². The largest absolute Gasteiger partial charge is 0.339 e. The van der Waals surface area contributed by atoms with Gasteiger partial charge in [0.05, 0.1) is 29.8 Å². The van der Waals surface area contributed by atoms with Crippen molar-refractivity contribution >= 4 is 17.7 Å². The summed E-state index contributed by atoms with van der Waals surface area (Å²) in [7, 11) is 3.69. The molecule has 1 fully saturated rings. The number of amides is 1. The van der Waals surface area contributed by atoms with Crippen molar-refractivity contribution in [2.24, 2.45) is 7.05 Å². The molecule has 4 rings (SSSR count). The molecule has 0 bridgehead atoms. The summed E-state index contributed by atoms with van der Waals surface area (Å²) in [4.78, 5) is 28.2. The van der Waals surface area contributed by atoms with Gasteiger partial charge in [-0.3, -0.25) is 14.3 Å². The summed E-state index contributed by atoms with van der Waals surface area (Å²) in [5.74, 6) is 0.0527. The fourth-order valence-corrected chi connectivity index (χ4v) is 3.35. The minimum absolute atomic E-state index is 0.0527. The van der Waals surface area contributed by atoms with Crippen LogP contribution < -0.4 is 0 Å². The molecule has 28 heavy (non-hydrogen) atoms. The predicted octanol–water partition coefficient (Wildman–Crippen LogP) is 2.52. The van der Waals surface area contributed by atoms with Crippen molar-refractivity contribution in [2.75, 3.05) is 7.05 Å². The highest BCUT2D eigenvalue weighted by Gasteiger charge is 2.21. The Morgan fingerprint density at radius 3 is 2.64 bits per heavy atom. The molecular weight excluding hydrogens is 356 g/mol. The Balaban J connectivity index is 0.000000178. The molecule has 1 amide bonds. The second kappa shape index (κ2) is 8.60. The number of aromatic nitrogens is 5. The smallest absolute Gasteiger partial charge is 0.245 e. The van der Waals surface area contributed by atoms with Gasteiger partial charge >= 0.3 is 0 Å². The Morgan fingerprint density at radius 1 is 1.29 bits per heavy atom. The van der Waals surface area contributed by atoms with E-state index >= 15 is 0 Å². The predicted molar refractivity (Wildman–Crippen MR) is 106 cm³/mol. The minimum Gasteiger partial charge on any atom is -0.339 e. The van der Waals surface area contributed by atoms with Crippen molar-refractivity contribution in [3.63, 3.8) is 0 Å². The van der Waals surface area contributed by atoms with Crippen LogP contribution >= 0.6 is 0 Å². The fourth-order valence-electron chi connectivity index (χ4n) is 3.35. The molecule has 3 aromatic heterocycles. The Bertz CT molecular complexity index is 984. The van der Waals surface area contributed by atoms with Gasteiger partial charge in [0.1, 0.15) is 5.69 Å². The maximum Gasteiger partial charge on any atom is 0.245 e. The van der Waals surface area contributed by atoms with Crippen LogP contribution in [-0.4, -0.2) is 54.6 Å². The highest BCUT2D eigenvalue weighted by Crippen LogP contribution is 2.22. The highest BCUT2D eigenvalue weighted by molar-refractivity contribution is 5.87. The third-order valence-corrected chi connectivity index (χ3v) is 4.93. The van der Waals surface area contributed by atoms with Crippen molar-refractivity contribution < 1.29 is 9.59 Å². The second-order valence-corrected chi connectivity index (χ2v) is 6.78. The average Bonchev–Trinajstić information content (AvgIpc) is 3.47. The van der Waals surface area contributed by atoms with Crippen LogP contribution in [0.1, 0.15) is 36.2 Å². The minimum atomic E-state index is 0.0527. The molecule has 1 aliphatic rings. The van der Waals surface area contributed by atoms with Gasteiger partial charge < -0.3 is 4.90 Å². The van der Waals surface area contributed by atoms with Crippen molar-refractivity contribution in [1.29, 1.82) is 0 Å². The van der Waals surface area contributed by atoms with Gasteiger partial charge in [0.25, 0.3) is 0 Å². The monoisotopic (exact) mass is 380 g/mol. The third kappa shape index (κ3) is 4.16. The molecule has 8 heteroatoms. The zero-order valence-electron chi connectivity index (χ0n) is 16.2. The van der Waals surface area contributed by atoms with Crippen LogP contribution in [0, 0.1) is 0 Å². The maximum atomic E-state index is 11.1. The number of aldehydes is 1. The summed E-state index contributed by atoms with van der Waals surface area (Å²) >= 11 is 0. The Hall–Kier alpha value is -3.29. The Kier molecular flexibility index (Phi) is 5.98. The molecule has 1 saturated carbocycles. The van der Waals surface area contributed by atoms with Gasteiger partial charge in [-0.1, -0.05) is 19.4 Å². The number of carbonyl (C=O) groups is 2. The maximum absolute atomic E-state index is 11.1. The third-order valence-electron chi connectivity index (χ3n) is 4.93. The van der Waals surface area contributed by atoms with Gasteiger partial charge in [-0.2, -0.15) is 10.2 Å². The summed E-state index contributed by atoms with van der Waals surface area (Å²) in [5.41, 5.74) is 2.61. The van der Waals surface area contributed by atoms with Crippen LogP contribution in [0.25, 0.3) is 16.8 Å².